The van der Waals surface area contributed by atoms with E-state index < -0.39 is 0 Å². The smallest absolute Gasteiger partial charge is 0.409 e. The van der Waals surface area contributed by atoms with Gasteiger partial charge in [-0.05, 0) is 48.9 Å². The van der Waals surface area contributed by atoms with Gasteiger partial charge in [-0.25, -0.2) is 4.79 Å². The summed E-state index contributed by atoms with van der Waals surface area (Å²) in [6.45, 7) is 7.31. The van der Waals surface area contributed by atoms with E-state index in [9.17, 15) is 4.79 Å². The zero-order valence-corrected chi connectivity index (χ0v) is 15.5. The topological polar surface area (TPSA) is 32.8 Å². The molecule has 2 aliphatic heterocycles. The van der Waals surface area contributed by atoms with E-state index in [-0.39, 0.29) is 6.09 Å². The molecule has 0 spiro atoms. The standard InChI is InChI=1S/C18H25BrN2O2/c1-13(2)12-23-18(22)20-8-6-16(7-9-20)21-10-5-14-11-15(19)3-4-17(14)21/h3-4,11,13,16H,5-10,12H2,1-2H3. The highest BCUT2D eigenvalue weighted by Gasteiger charge is 2.31. The second-order valence-electron chi connectivity index (χ2n) is 6.91. The maximum Gasteiger partial charge on any atom is 0.409 e. The van der Waals surface area contributed by atoms with Crippen molar-refractivity contribution in [2.24, 2.45) is 5.92 Å². The van der Waals surface area contributed by atoms with Gasteiger partial charge in [0.25, 0.3) is 0 Å². The fourth-order valence-electron chi connectivity index (χ4n) is 3.46. The van der Waals surface area contributed by atoms with Crippen molar-refractivity contribution in [3.63, 3.8) is 0 Å². The van der Waals surface area contributed by atoms with Crippen LogP contribution >= 0.6 is 15.9 Å². The maximum absolute atomic E-state index is 12.1. The van der Waals surface area contributed by atoms with Crippen molar-refractivity contribution in [3.8, 4) is 0 Å². The Morgan fingerprint density at radius 2 is 2.04 bits per heavy atom. The van der Waals surface area contributed by atoms with Crippen LogP contribution in [0.1, 0.15) is 32.3 Å². The zero-order chi connectivity index (χ0) is 16.4. The minimum atomic E-state index is -0.150. The van der Waals surface area contributed by atoms with Crippen molar-refractivity contribution >= 4 is 27.7 Å². The third-order valence-corrected chi connectivity index (χ3v) is 5.17. The summed E-state index contributed by atoms with van der Waals surface area (Å²) >= 11 is 3.55. The summed E-state index contributed by atoms with van der Waals surface area (Å²) in [5.74, 6) is 0.386. The lowest BCUT2D eigenvalue weighted by Gasteiger charge is -2.37. The molecule has 23 heavy (non-hydrogen) atoms. The molecule has 1 fully saturated rings. The molecule has 2 aliphatic rings. The van der Waals surface area contributed by atoms with Crippen molar-refractivity contribution in [2.45, 2.75) is 39.2 Å². The Hall–Kier alpha value is -1.23. The molecule has 0 bridgehead atoms. The van der Waals surface area contributed by atoms with Crippen molar-refractivity contribution in [1.29, 1.82) is 0 Å². The maximum atomic E-state index is 12.1. The van der Waals surface area contributed by atoms with E-state index in [1.807, 2.05) is 4.90 Å². The summed E-state index contributed by atoms with van der Waals surface area (Å²) in [6, 6.07) is 7.10. The molecule has 126 valence electrons. The van der Waals surface area contributed by atoms with Crippen LogP contribution in [0.2, 0.25) is 0 Å². The average Bonchev–Trinajstić information content (AvgIpc) is 2.95. The lowest BCUT2D eigenvalue weighted by Crippen LogP contribution is -2.46. The molecule has 0 N–H and O–H groups in total. The molecule has 1 aromatic carbocycles. The van der Waals surface area contributed by atoms with Crippen LogP contribution in [0.15, 0.2) is 22.7 Å². The van der Waals surface area contributed by atoms with Gasteiger partial charge in [-0.3, -0.25) is 0 Å². The summed E-state index contributed by atoms with van der Waals surface area (Å²) in [4.78, 5) is 16.4. The van der Waals surface area contributed by atoms with Gasteiger partial charge in [0.1, 0.15) is 0 Å². The van der Waals surface area contributed by atoms with Crippen molar-refractivity contribution in [2.75, 3.05) is 31.1 Å². The fourth-order valence-corrected chi connectivity index (χ4v) is 3.87. The number of halogens is 1. The molecule has 2 heterocycles. The lowest BCUT2D eigenvalue weighted by molar-refractivity contribution is 0.0833. The Bertz CT molecular complexity index is 568. The SMILES string of the molecule is CC(C)COC(=O)N1CCC(N2CCc3cc(Br)ccc32)CC1. The molecule has 0 saturated carbocycles. The van der Waals surface area contributed by atoms with Crippen molar-refractivity contribution in [1.82, 2.24) is 4.90 Å². The van der Waals surface area contributed by atoms with Gasteiger partial charge in [0, 0.05) is 35.8 Å². The number of carbonyl (C=O) groups excluding carboxylic acids is 1. The van der Waals surface area contributed by atoms with E-state index in [0.717, 1.165) is 43.4 Å². The second kappa shape index (κ2) is 7.12. The first kappa shape index (κ1) is 16.6. The summed E-state index contributed by atoms with van der Waals surface area (Å²) < 4.78 is 6.49. The zero-order valence-electron chi connectivity index (χ0n) is 13.9. The molecular weight excluding hydrogens is 356 g/mol. The Labute approximate surface area is 146 Å². The summed E-state index contributed by atoms with van der Waals surface area (Å²) in [6.07, 6.45) is 3.01. The minimum Gasteiger partial charge on any atom is -0.449 e. The summed E-state index contributed by atoms with van der Waals surface area (Å²) in [5.41, 5.74) is 2.80. The number of ether oxygens (including phenoxy) is 1. The molecule has 0 atom stereocenters. The largest absolute Gasteiger partial charge is 0.449 e. The number of piperidine rings is 1. The van der Waals surface area contributed by atoms with E-state index >= 15 is 0 Å². The number of anilines is 1. The number of hydrogen-bond acceptors (Lipinski definition) is 3. The molecule has 5 heteroatoms. The highest BCUT2D eigenvalue weighted by Crippen LogP contribution is 2.34. The van der Waals surface area contributed by atoms with E-state index in [2.05, 4.69) is 52.9 Å². The highest BCUT2D eigenvalue weighted by molar-refractivity contribution is 9.10. The number of carbonyl (C=O) groups is 1. The monoisotopic (exact) mass is 380 g/mol. The van der Waals surface area contributed by atoms with Crippen LogP contribution in [0.4, 0.5) is 10.5 Å². The van der Waals surface area contributed by atoms with Crippen LogP contribution in [-0.2, 0) is 11.2 Å². The Balaban J connectivity index is 1.55. The lowest BCUT2D eigenvalue weighted by atomic mass is 10.0. The van der Waals surface area contributed by atoms with Gasteiger partial charge in [-0.1, -0.05) is 29.8 Å². The first-order valence-electron chi connectivity index (χ1n) is 8.51. The minimum absolute atomic E-state index is 0.150. The fraction of sp³-hybridized carbons (Fsp3) is 0.611. The first-order chi connectivity index (χ1) is 11.0. The molecule has 1 aromatic rings. The molecule has 3 rings (SSSR count). The van der Waals surface area contributed by atoms with E-state index in [4.69, 9.17) is 4.74 Å². The Morgan fingerprint density at radius 3 is 2.74 bits per heavy atom. The van der Waals surface area contributed by atoms with E-state index in [1.54, 1.807) is 0 Å². The highest BCUT2D eigenvalue weighted by atomic mass is 79.9. The average molecular weight is 381 g/mol. The quantitative estimate of drug-likeness (QED) is 0.792. The Morgan fingerprint density at radius 1 is 1.30 bits per heavy atom. The van der Waals surface area contributed by atoms with Gasteiger partial charge < -0.3 is 14.5 Å². The van der Waals surface area contributed by atoms with E-state index in [0.29, 0.717) is 18.6 Å². The van der Waals surface area contributed by atoms with Crippen molar-refractivity contribution in [3.05, 3.63) is 28.2 Å². The van der Waals surface area contributed by atoms with Gasteiger partial charge >= 0.3 is 6.09 Å². The first-order valence-corrected chi connectivity index (χ1v) is 9.30. The number of fused-ring (bicyclic) bond motifs is 1. The van der Waals surface area contributed by atoms with Crippen LogP contribution in [0.5, 0.6) is 0 Å². The Kier molecular flexibility index (Phi) is 5.14. The molecule has 0 aliphatic carbocycles. The number of hydrogen-bond donors (Lipinski definition) is 0. The van der Waals surface area contributed by atoms with Gasteiger partial charge in [0.2, 0.25) is 0 Å². The number of rotatable bonds is 3. The van der Waals surface area contributed by atoms with Gasteiger partial charge in [-0.2, -0.15) is 0 Å². The summed E-state index contributed by atoms with van der Waals surface area (Å²) in [5, 5.41) is 0. The van der Waals surface area contributed by atoms with Gasteiger partial charge in [-0.15, -0.1) is 0 Å². The van der Waals surface area contributed by atoms with Gasteiger partial charge in [0.15, 0.2) is 0 Å². The summed E-state index contributed by atoms with van der Waals surface area (Å²) in [7, 11) is 0. The predicted molar refractivity (Wildman–Crippen MR) is 96.0 cm³/mol. The predicted octanol–water partition coefficient (Wildman–Crippen LogP) is 4.07. The molecule has 0 radical (unpaired) electrons. The van der Waals surface area contributed by atoms with E-state index in [1.165, 1.54) is 11.3 Å². The number of likely N-dealkylation sites (tertiary alicyclic amines) is 1. The van der Waals surface area contributed by atoms with Gasteiger partial charge in [0.05, 0.1) is 6.61 Å². The van der Waals surface area contributed by atoms with Crippen LogP contribution in [-0.4, -0.2) is 43.3 Å². The third-order valence-electron chi connectivity index (χ3n) is 4.68. The number of benzene rings is 1. The van der Waals surface area contributed by atoms with Crippen LogP contribution in [0.3, 0.4) is 0 Å². The molecule has 1 saturated heterocycles. The molecule has 1 amide bonds. The van der Waals surface area contributed by atoms with Crippen LogP contribution < -0.4 is 4.90 Å². The second-order valence-corrected chi connectivity index (χ2v) is 7.82. The van der Waals surface area contributed by atoms with Crippen LogP contribution in [0, 0.1) is 5.92 Å². The third kappa shape index (κ3) is 3.82. The van der Waals surface area contributed by atoms with Crippen molar-refractivity contribution < 1.29 is 9.53 Å². The van der Waals surface area contributed by atoms with Crippen LogP contribution in [0.25, 0.3) is 0 Å². The molecular formula is C18H25BrN2O2. The molecule has 0 unspecified atom stereocenters. The molecule has 0 aromatic heterocycles. The molecule has 4 nitrogen and oxygen atoms in total. The normalized spacial score (nSPS) is 18.4. The number of nitrogens with zero attached hydrogens (tertiary/aromatic N) is 2. The number of amides is 1.